The van der Waals surface area contributed by atoms with Crippen LogP contribution in [0.15, 0.2) is 35.4 Å². The summed E-state index contributed by atoms with van der Waals surface area (Å²) in [5.41, 5.74) is 3.38. The number of pyridine rings is 1. The lowest BCUT2D eigenvalue weighted by Crippen LogP contribution is -2.15. The Hall–Kier alpha value is -2.41. The van der Waals surface area contributed by atoms with Crippen LogP contribution >= 0.6 is 0 Å². The highest BCUT2D eigenvalue weighted by Crippen LogP contribution is 2.28. The zero-order valence-electron chi connectivity index (χ0n) is 13.5. The van der Waals surface area contributed by atoms with Crippen LogP contribution in [0.1, 0.15) is 17.0 Å². The van der Waals surface area contributed by atoms with Crippen LogP contribution in [0.5, 0.6) is 0 Å². The summed E-state index contributed by atoms with van der Waals surface area (Å²) >= 11 is 0. The van der Waals surface area contributed by atoms with Crippen molar-refractivity contribution in [2.75, 3.05) is 4.72 Å². The Morgan fingerprint density at radius 3 is 2.52 bits per heavy atom. The minimum atomic E-state index is -3.72. The first-order chi connectivity index (χ1) is 10.8. The Balaban J connectivity index is 2.14. The van der Waals surface area contributed by atoms with Gasteiger partial charge in [-0.2, -0.15) is 5.10 Å². The van der Waals surface area contributed by atoms with Crippen LogP contribution in [0.3, 0.4) is 0 Å². The van der Waals surface area contributed by atoms with Crippen LogP contribution in [0.2, 0.25) is 0 Å². The molecular formula is C16H18N4O2S. The van der Waals surface area contributed by atoms with E-state index in [0.717, 1.165) is 16.5 Å². The number of benzene rings is 1. The Morgan fingerprint density at radius 2 is 1.87 bits per heavy atom. The van der Waals surface area contributed by atoms with Crippen molar-refractivity contribution in [2.45, 2.75) is 25.7 Å². The molecule has 0 radical (unpaired) electrons. The average Bonchev–Trinajstić information content (AvgIpc) is 2.76. The van der Waals surface area contributed by atoms with Crippen molar-refractivity contribution in [1.29, 1.82) is 0 Å². The van der Waals surface area contributed by atoms with E-state index in [4.69, 9.17) is 0 Å². The maximum Gasteiger partial charge on any atom is 0.265 e. The van der Waals surface area contributed by atoms with E-state index in [0.29, 0.717) is 17.1 Å². The van der Waals surface area contributed by atoms with E-state index in [2.05, 4.69) is 14.8 Å². The zero-order valence-corrected chi connectivity index (χ0v) is 14.3. The number of rotatable bonds is 3. The predicted octanol–water partition coefficient (Wildman–Crippen LogP) is 2.69. The molecule has 120 valence electrons. The molecule has 3 aromatic rings. The van der Waals surface area contributed by atoms with Gasteiger partial charge in [-0.25, -0.2) is 8.42 Å². The van der Waals surface area contributed by atoms with Crippen molar-refractivity contribution in [3.8, 4) is 0 Å². The van der Waals surface area contributed by atoms with E-state index in [9.17, 15) is 8.42 Å². The summed E-state index contributed by atoms with van der Waals surface area (Å²) in [6, 6.07) is 7.27. The van der Waals surface area contributed by atoms with Crippen molar-refractivity contribution < 1.29 is 8.42 Å². The largest absolute Gasteiger partial charge is 0.279 e. The van der Waals surface area contributed by atoms with Gasteiger partial charge in [-0.3, -0.25) is 14.4 Å². The summed E-state index contributed by atoms with van der Waals surface area (Å²) in [6.45, 7) is 5.38. The molecular weight excluding hydrogens is 312 g/mol. The second-order valence-electron chi connectivity index (χ2n) is 5.56. The molecule has 0 aliphatic heterocycles. The van der Waals surface area contributed by atoms with Gasteiger partial charge < -0.3 is 0 Å². The van der Waals surface area contributed by atoms with Crippen LogP contribution in [0.25, 0.3) is 10.9 Å². The number of fused-ring (bicyclic) bond motifs is 1. The monoisotopic (exact) mass is 330 g/mol. The van der Waals surface area contributed by atoms with Crippen molar-refractivity contribution in [3.63, 3.8) is 0 Å². The maximum absolute atomic E-state index is 12.8. The van der Waals surface area contributed by atoms with Gasteiger partial charge in [0.2, 0.25) is 0 Å². The summed E-state index contributed by atoms with van der Waals surface area (Å²) in [6.07, 6.45) is 1.70. The van der Waals surface area contributed by atoms with Gasteiger partial charge in [0.1, 0.15) is 4.90 Å². The number of anilines is 1. The molecule has 1 N–H and O–H groups in total. The molecule has 0 aliphatic carbocycles. The third-order valence-corrected chi connectivity index (χ3v) is 5.54. The summed E-state index contributed by atoms with van der Waals surface area (Å²) in [4.78, 5) is 4.55. The van der Waals surface area contributed by atoms with Gasteiger partial charge in [0.25, 0.3) is 10.0 Å². The van der Waals surface area contributed by atoms with E-state index in [-0.39, 0.29) is 4.90 Å². The Bertz CT molecular complexity index is 1010. The van der Waals surface area contributed by atoms with Gasteiger partial charge in [-0.1, -0.05) is 6.07 Å². The third-order valence-electron chi connectivity index (χ3n) is 3.93. The maximum atomic E-state index is 12.8. The lowest BCUT2D eigenvalue weighted by molar-refractivity contribution is 0.599. The van der Waals surface area contributed by atoms with Crippen LogP contribution in [-0.4, -0.2) is 23.2 Å². The van der Waals surface area contributed by atoms with Crippen molar-refractivity contribution in [2.24, 2.45) is 7.05 Å². The zero-order chi connectivity index (χ0) is 16.8. The minimum absolute atomic E-state index is 0.220. The number of nitrogens with one attached hydrogen (secondary N) is 1. The van der Waals surface area contributed by atoms with Crippen LogP contribution in [-0.2, 0) is 17.1 Å². The Kier molecular flexibility index (Phi) is 3.60. The van der Waals surface area contributed by atoms with E-state index in [1.165, 1.54) is 0 Å². The number of sulfonamides is 1. The number of hydrogen-bond acceptors (Lipinski definition) is 4. The molecule has 23 heavy (non-hydrogen) atoms. The van der Waals surface area contributed by atoms with Gasteiger partial charge in [0.05, 0.1) is 22.6 Å². The molecule has 0 saturated heterocycles. The molecule has 2 heterocycles. The Morgan fingerprint density at radius 1 is 1.13 bits per heavy atom. The SMILES string of the molecule is Cc1nn(C)c(C)c1S(=O)(=O)Nc1ccc(C)c2ncccc12. The highest BCUT2D eigenvalue weighted by atomic mass is 32.2. The highest BCUT2D eigenvalue weighted by Gasteiger charge is 2.24. The minimum Gasteiger partial charge on any atom is -0.279 e. The molecule has 0 atom stereocenters. The van der Waals surface area contributed by atoms with Gasteiger partial charge in [-0.05, 0) is 44.5 Å². The van der Waals surface area contributed by atoms with E-state index < -0.39 is 10.0 Å². The summed E-state index contributed by atoms with van der Waals surface area (Å²) in [5, 5.41) is 4.95. The number of aryl methyl sites for hydroxylation is 3. The molecule has 0 aliphatic rings. The molecule has 6 nitrogen and oxygen atoms in total. The fourth-order valence-corrected chi connectivity index (χ4v) is 4.26. The van der Waals surface area contributed by atoms with Gasteiger partial charge >= 0.3 is 0 Å². The van der Waals surface area contributed by atoms with E-state index >= 15 is 0 Å². The topological polar surface area (TPSA) is 76.9 Å². The van der Waals surface area contributed by atoms with E-state index in [1.54, 1.807) is 43.9 Å². The predicted molar refractivity (Wildman–Crippen MR) is 90.0 cm³/mol. The van der Waals surface area contributed by atoms with Gasteiger partial charge in [-0.15, -0.1) is 0 Å². The highest BCUT2D eigenvalue weighted by molar-refractivity contribution is 7.92. The first-order valence-electron chi connectivity index (χ1n) is 7.18. The number of hydrogen-bond donors (Lipinski definition) is 1. The molecule has 0 unspecified atom stereocenters. The molecule has 0 spiro atoms. The van der Waals surface area contributed by atoms with Crippen LogP contribution in [0.4, 0.5) is 5.69 Å². The van der Waals surface area contributed by atoms with Crippen molar-refractivity contribution in [3.05, 3.63) is 47.4 Å². The average molecular weight is 330 g/mol. The molecule has 0 bridgehead atoms. The van der Waals surface area contributed by atoms with Crippen molar-refractivity contribution >= 4 is 26.6 Å². The van der Waals surface area contributed by atoms with Gasteiger partial charge in [0, 0.05) is 18.6 Å². The molecule has 1 aromatic carbocycles. The molecule has 0 amide bonds. The fourth-order valence-electron chi connectivity index (χ4n) is 2.74. The second kappa shape index (κ2) is 5.34. The lowest BCUT2D eigenvalue weighted by Gasteiger charge is -2.12. The molecule has 2 aromatic heterocycles. The fraction of sp³-hybridized carbons (Fsp3) is 0.250. The first kappa shape index (κ1) is 15.5. The molecule has 7 heteroatoms. The van der Waals surface area contributed by atoms with Crippen LogP contribution < -0.4 is 4.72 Å². The molecule has 0 saturated carbocycles. The number of nitrogens with zero attached hydrogens (tertiary/aromatic N) is 3. The molecule has 3 rings (SSSR count). The van der Waals surface area contributed by atoms with Crippen LogP contribution in [0, 0.1) is 20.8 Å². The summed E-state index contributed by atoms with van der Waals surface area (Å²) < 4.78 is 29.8. The quantitative estimate of drug-likeness (QED) is 0.801. The third kappa shape index (κ3) is 2.57. The van der Waals surface area contributed by atoms with Crippen molar-refractivity contribution in [1.82, 2.24) is 14.8 Å². The second-order valence-corrected chi connectivity index (χ2v) is 7.18. The smallest absolute Gasteiger partial charge is 0.265 e. The first-order valence-corrected chi connectivity index (χ1v) is 8.67. The Labute approximate surface area is 135 Å². The standard InChI is InChI=1S/C16H18N4O2S/c1-10-7-8-14(13-6-5-9-17-15(10)13)19-23(21,22)16-11(2)18-20(4)12(16)3/h5-9,19H,1-4H3. The summed E-state index contributed by atoms with van der Waals surface area (Å²) in [5.74, 6) is 0. The van der Waals surface area contributed by atoms with E-state index in [1.807, 2.05) is 19.1 Å². The number of aromatic nitrogens is 3. The normalized spacial score (nSPS) is 11.8. The van der Waals surface area contributed by atoms with Gasteiger partial charge in [0.15, 0.2) is 0 Å². The molecule has 0 fully saturated rings. The summed E-state index contributed by atoms with van der Waals surface area (Å²) in [7, 11) is -1.99. The lowest BCUT2D eigenvalue weighted by atomic mass is 10.1.